The minimum atomic E-state index is -0.877. The molecule has 0 aromatic heterocycles. The molecule has 37 heavy (non-hydrogen) atoms. The van der Waals surface area contributed by atoms with Crippen molar-refractivity contribution in [1.82, 2.24) is 0 Å². The Morgan fingerprint density at radius 1 is 1.03 bits per heavy atom. The van der Waals surface area contributed by atoms with Gasteiger partial charge in [-0.3, -0.25) is 0 Å². The number of nitriles is 1. The first kappa shape index (κ1) is 24.5. The van der Waals surface area contributed by atoms with Crippen molar-refractivity contribution in [2.24, 2.45) is 29.1 Å². The van der Waals surface area contributed by atoms with Crippen molar-refractivity contribution < 1.29 is 14.9 Å². The molecule has 4 heteroatoms. The molecule has 4 aliphatic rings. The van der Waals surface area contributed by atoms with Crippen LogP contribution in [0.25, 0.3) is 11.1 Å². The van der Waals surface area contributed by atoms with Crippen LogP contribution in [0.3, 0.4) is 0 Å². The first-order valence-corrected chi connectivity index (χ1v) is 13.9. The molecule has 1 heterocycles. The first-order valence-electron chi connectivity index (χ1n) is 13.9. The minimum absolute atomic E-state index is 0.0361. The van der Waals surface area contributed by atoms with Crippen LogP contribution in [-0.2, 0) is 4.74 Å². The number of ether oxygens (including phenoxy) is 1. The largest absolute Gasteiger partial charge is 0.501 e. The summed E-state index contributed by atoms with van der Waals surface area (Å²) in [6.45, 7) is 3.08. The number of benzene rings is 2. The zero-order valence-corrected chi connectivity index (χ0v) is 21.6. The van der Waals surface area contributed by atoms with Gasteiger partial charge >= 0.3 is 0 Å². The molecule has 6 rings (SSSR count). The molecular weight excluding hydrogens is 458 g/mol. The van der Waals surface area contributed by atoms with Crippen molar-refractivity contribution in [2.45, 2.75) is 57.0 Å². The fourth-order valence-electron chi connectivity index (χ4n) is 8.62. The van der Waals surface area contributed by atoms with Crippen LogP contribution in [0.5, 0.6) is 0 Å². The van der Waals surface area contributed by atoms with E-state index < -0.39 is 5.60 Å². The van der Waals surface area contributed by atoms with Crippen LogP contribution in [0.2, 0.25) is 0 Å². The van der Waals surface area contributed by atoms with Crippen LogP contribution >= 0.6 is 0 Å². The van der Waals surface area contributed by atoms with Crippen molar-refractivity contribution in [2.75, 3.05) is 13.2 Å². The standard InChI is InChI=1S/C33H37NO3/c1-32-19-29(25-9-7-24(8-10-25)23-5-3-22(20-34)4-6-23)31-27-14-18-37-21-26(27)11-12-28(31)30(32)13-16-33(32,36)15-2-17-35/h2-10,15,21,27-31,35-36H,11-14,16-19H2,1H3/b15-2-/t27?,28?,29-,30?,31?,32+,33+/m1/s1. The van der Waals surface area contributed by atoms with Gasteiger partial charge in [0.25, 0.3) is 0 Å². The quantitative estimate of drug-likeness (QED) is 0.485. The van der Waals surface area contributed by atoms with Gasteiger partial charge in [0.1, 0.15) is 0 Å². The highest BCUT2D eigenvalue weighted by Crippen LogP contribution is 2.68. The third-order valence-corrected chi connectivity index (χ3v) is 10.4. The lowest BCUT2D eigenvalue weighted by atomic mass is 9.47. The van der Waals surface area contributed by atoms with Gasteiger partial charge in [0.05, 0.1) is 36.7 Å². The molecule has 2 aromatic carbocycles. The maximum Gasteiger partial charge on any atom is 0.0991 e. The summed E-state index contributed by atoms with van der Waals surface area (Å²) in [6, 6.07) is 19.0. The normalized spacial score (nSPS) is 36.6. The molecule has 0 bridgehead atoms. The van der Waals surface area contributed by atoms with Gasteiger partial charge in [-0.1, -0.05) is 55.5 Å². The van der Waals surface area contributed by atoms with Gasteiger partial charge in [0, 0.05) is 5.41 Å². The lowest BCUT2D eigenvalue weighted by Gasteiger charge is -2.58. The van der Waals surface area contributed by atoms with E-state index in [1.54, 1.807) is 6.08 Å². The summed E-state index contributed by atoms with van der Waals surface area (Å²) in [5.74, 6) is 2.55. The van der Waals surface area contributed by atoms with E-state index in [0.29, 0.717) is 35.2 Å². The minimum Gasteiger partial charge on any atom is -0.501 e. The highest BCUT2D eigenvalue weighted by atomic mass is 16.5. The second-order valence-corrected chi connectivity index (χ2v) is 11.9. The third-order valence-electron chi connectivity index (χ3n) is 10.4. The van der Waals surface area contributed by atoms with Gasteiger partial charge < -0.3 is 14.9 Å². The van der Waals surface area contributed by atoms with Gasteiger partial charge in [-0.15, -0.1) is 0 Å². The molecule has 0 amide bonds. The molecular formula is C33H37NO3. The average Bonchev–Trinajstić information content (AvgIpc) is 3.21. The summed E-state index contributed by atoms with van der Waals surface area (Å²) >= 11 is 0. The van der Waals surface area contributed by atoms with E-state index in [1.807, 2.05) is 30.3 Å². The van der Waals surface area contributed by atoms with Crippen LogP contribution in [0.1, 0.15) is 62.5 Å². The molecule has 4 nitrogen and oxygen atoms in total. The fourth-order valence-corrected chi connectivity index (χ4v) is 8.62. The Labute approximate surface area is 220 Å². The number of nitrogens with zero attached hydrogens (tertiary/aromatic N) is 1. The Kier molecular flexibility index (Phi) is 6.25. The Balaban J connectivity index is 1.39. The van der Waals surface area contributed by atoms with Crippen molar-refractivity contribution in [1.29, 1.82) is 5.26 Å². The van der Waals surface area contributed by atoms with Gasteiger partial charge in [-0.2, -0.15) is 5.26 Å². The van der Waals surface area contributed by atoms with E-state index in [1.165, 1.54) is 11.1 Å². The highest BCUT2D eigenvalue weighted by Gasteiger charge is 2.63. The monoisotopic (exact) mass is 495 g/mol. The lowest BCUT2D eigenvalue weighted by molar-refractivity contribution is -0.102. The molecule has 3 aliphatic carbocycles. The SMILES string of the molecule is C[C@]12C[C@H](c3ccc(-c4ccc(C#N)cc4)cc3)C3C4CCOC=C4CCC3C1CC[C@@]2(O)/C=C\CO. The molecule has 3 saturated carbocycles. The van der Waals surface area contributed by atoms with Crippen molar-refractivity contribution >= 4 is 0 Å². The second-order valence-electron chi connectivity index (χ2n) is 11.9. The van der Waals surface area contributed by atoms with Gasteiger partial charge in [0.2, 0.25) is 0 Å². The Morgan fingerprint density at radius 3 is 2.46 bits per heavy atom. The van der Waals surface area contributed by atoms with E-state index in [9.17, 15) is 10.2 Å². The summed E-state index contributed by atoms with van der Waals surface area (Å²) in [5, 5.41) is 30.6. The zero-order valence-electron chi connectivity index (χ0n) is 21.6. The van der Waals surface area contributed by atoms with E-state index in [4.69, 9.17) is 10.00 Å². The third kappa shape index (κ3) is 3.95. The highest BCUT2D eigenvalue weighted by molar-refractivity contribution is 5.64. The summed E-state index contributed by atoms with van der Waals surface area (Å²) in [5.41, 5.74) is 4.70. The average molecular weight is 496 g/mol. The lowest BCUT2D eigenvalue weighted by Crippen LogP contribution is -2.54. The number of hydrogen-bond acceptors (Lipinski definition) is 4. The van der Waals surface area contributed by atoms with Gasteiger partial charge in [0.15, 0.2) is 0 Å². The van der Waals surface area contributed by atoms with Crippen molar-refractivity contribution in [3.8, 4) is 17.2 Å². The summed E-state index contributed by atoms with van der Waals surface area (Å²) in [4.78, 5) is 0. The summed E-state index contributed by atoms with van der Waals surface area (Å²) in [7, 11) is 0. The number of aliphatic hydroxyl groups excluding tert-OH is 1. The Bertz CT molecular complexity index is 1240. The fraction of sp³-hybridized carbons (Fsp3) is 0.485. The number of allylic oxidation sites excluding steroid dienone is 1. The molecule has 0 spiro atoms. The predicted molar refractivity (Wildman–Crippen MR) is 144 cm³/mol. The smallest absolute Gasteiger partial charge is 0.0991 e. The van der Waals surface area contributed by atoms with Crippen molar-refractivity contribution in [3.05, 3.63) is 83.6 Å². The molecule has 0 saturated heterocycles. The summed E-state index contributed by atoms with van der Waals surface area (Å²) in [6.07, 6.45) is 11.8. The molecule has 4 unspecified atom stereocenters. The van der Waals surface area contributed by atoms with Crippen LogP contribution < -0.4 is 0 Å². The van der Waals surface area contributed by atoms with Gasteiger partial charge in [-0.05, 0) is 103 Å². The predicted octanol–water partition coefficient (Wildman–Crippen LogP) is 6.36. The van der Waals surface area contributed by atoms with E-state index in [0.717, 1.165) is 56.3 Å². The molecule has 7 atom stereocenters. The van der Waals surface area contributed by atoms with E-state index in [2.05, 4.69) is 43.5 Å². The maximum absolute atomic E-state index is 11.9. The first-order chi connectivity index (χ1) is 18.0. The Morgan fingerprint density at radius 2 is 1.76 bits per heavy atom. The molecule has 3 fully saturated rings. The van der Waals surface area contributed by atoms with E-state index >= 15 is 0 Å². The second kappa shape index (κ2) is 9.46. The molecule has 192 valence electrons. The van der Waals surface area contributed by atoms with Crippen molar-refractivity contribution in [3.63, 3.8) is 0 Å². The molecule has 2 N–H and O–H groups in total. The van der Waals surface area contributed by atoms with Gasteiger partial charge in [-0.25, -0.2) is 0 Å². The van der Waals surface area contributed by atoms with Crippen LogP contribution in [0.15, 0.2) is 72.5 Å². The zero-order chi connectivity index (χ0) is 25.6. The topological polar surface area (TPSA) is 73.5 Å². The van der Waals surface area contributed by atoms with Crippen LogP contribution in [0.4, 0.5) is 0 Å². The van der Waals surface area contributed by atoms with Crippen LogP contribution in [0, 0.1) is 40.4 Å². The molecule has 1 aliphatic heterocycles. The summed E-state index contributed by atoms with van der Waals surface area (Å²) < 4.78 is 5.77. The van der Waals surface area contributed by atoms with Crippen LogP contribution in [-0.4, -0.2) is 29.0 Å². The number of aliphatic hydroxyl groups is 2. The number of fused-ring (bicyclic) bond motifs is 5. The molecule has 0 radical (unpaired) electrons. The Hall–Kier alpha value is -2.87. The molecule has 2 aromatic rings. The number of hydrogen-bond donors (Lipinski definition) is 2. The van der Waals surface area contributed by atoms with E-state index in [-0.39, 0.29) is 12.0 Å². The number of rotatable bonds is 4. The maximum atomic E-state index is 11.9.